The van der Waals surface area contributed by atoms with E-state index in [4.69, 9.17) is 4.74 Å². The summed E-state index contributed by atoms with van der Waals surface area (Å²) in [5.74, 6) is -0.0624. The van der Waals surface area contributed by atoms with E-state index in [9.17, 15) is 19.8 Å². The van der Waals surface area contributed by atoms with Crippen LogP contribution in [0.3, 0.4) is 0 Å². The normalized spacial score (nSPS) is 12.8. The number of hydrogen-bond donors (Lipinski definition) is 3. The van der Waals surface area contributed by atoms with Crippen LogP contribution < -0.4 is 5.32 Å². The molecule has 6 nitrogen and oxygen atoms in total. The Kier molecular flexibility index (Phi) is 58.0. The van der Waals surface area contributed by atoms with Crippen LogP contribution in [0.4, 0.5) is 0 Å². The van der Waals surface area contributed by atoms with Crippen molar-refractivity contribution in [1.82, 2.24) is 5.32 Å². The molecule has 0 radical (unpaired) electrons. The van der Waals surface area contributed by atoms with Gasteiger partial charge in [0.15, 0.2) is 0 Å². The minimum absolute atomic E-state index is 0.00959. The lowest BCUT2D eigenvalue weighted by Crippen LogP contribution is -2.45. The first-order valence-corrected chi connectivity index (χ1v) is 31.3. The van der Waals surface area contributed by atoms with Gasteiger partial charge in [-0.05, 0) is 83.5 Å². The van der Waals surface area contributed by atoms with Gasteiger partial charge in [-0.15, -0.1) is 0 Å². The minimum atomic E-state index is -0.845. The molecule has 0 spiro atoms. The Morgan fingerprint density at radius 1 is 0.386 bits per heavy atom. The van der Waals surface area contributed by atoms with Gasteiger partial charge in [0.2, 0.25) is 5.91 Å². The molecule has 0 aliphatic heterocycles. The molecule has 0 aromatic carbocycles. The number of esters is 1. The van der Waals surface area contributed by atoms with Crippen molar-refractivity contribution >= 4 is 11.9 Å². The molecule has 3 N–H and O–H groups in total. The lowest BCUT2D eigenvalue weighted by atomic mass is 10.0. The second kappa shape index (κ2) is 59.6. The SMILES string of the molecule is CCCCCCCC/C=C\CCCCCCCCCC(=O)OCCCCCCCCCCCCCC/C=C\CCCCCCCCCCCC(=O)NC(CO)C(O)/C=C/CCCCCCCCCCC. The summed E-state index contributed by atoms with van der Waals surface area (Å²) in [5.41, 5.74) is 0. The first kappa shape index (κ1) is 68.1. The van der Waals surface area contributed by atoms with Crippen molar-refractivity contribution in [2.24, 2.45) is 0 Å². The highest BCUT2D eigenvalue weighted by molar-refractivity contribution is 5.76. The number of carbonyl (C=O) groups excluding carboxylic acids is 2. The van der Waals surface area contributed by atoms with Crippen LogP contribution in [-0.4, -0.2) is 47.4 Å². The third-order valence-electron chi connectivity index (χ3n) is 14.4. The van der Waals surface area contributed by atoms with Crippen LogP contribution in [0.2, 0.25) is 0 Å². The predicted octanol–water partition coefficient (Wildman–Crippen LogP) is 19.6. The van der Waals surface area contributed by atoms with Gasteiger partial charge >= 0.3 is 5.97 Å². The largest absolute Gasteiger partial charge is 0.466 e. The zero-order chi connectivity index (χ0) is 50.7. The van der Waals surface area contributed by atoms with Gasteiger partial charge in [-0.1, -0.05) is 275 Å². The van der Waals surface area contributed by atoms with Gasteiger partial charge in [0, 0.05) is 12.8 Å². The van der Waals surface area contributed by atoms with E-state index < -0.39 is 12.1 Å². The summed E-state index contributed by atoms with van der Waals surface area (Å²) in [6.07, 6.45) is 74.8. The molecule has 0 bridgehead atoms. The Morgan fingerprint density at radius 2 is 0.671 bits per heavy atom. The molecule has 2 atom stereocenters. The zero-order valence-corrected chi connectivity index (χ0v) is 47.0. The number of nitrogens with one attached hydrogen (secondary N) is 1. The third-order valence-corrected chi connectivity index (χ3v) is 14.4. The molecule has 0 aromatic heterocycles. The van der Waals surface area contributed by atoms with Crippen molar-refractivity contribution in [1.29, 1.82) is 0 Å². The van der Waals surface area contributed by atoms with E-state index in [0.29, 0.717) is 19.4 Å². The monoisotopic (exact) mass is 984 g/mol. The molecule has 0 aliphatic carbocycles. The van der Waals surface area contributed by atoms with Crippen LogP contribution in [-0.2, 0) is 14.3 Å². The van der Waals surface area contributed by atoms with E-state index in [1.807, 2.05) is 6.08 Å². The number of carbonyl (C=O) groups is 2. The molecule has 1 amide bonds. The second-order valence-electron chi connectivity index (χ2n) is 21.4. The van der Waals surface area contributed by atoms with E-state index in [2.05, 4.69) is 43.5 Å². The Morgan fingerprint density at radius 3 is 1.01 bits per heavy atom. The molecule has 2 unspecified atom stereocenters. The lowest BCUT2D eigenvalue weighted by molar-refractivity contribution is -0.143. The topological polar surface area (TPSA) is 95.9 Å². The van der Waals surface area contributed by atoms with Crippen molar-refractivity contribution in [3.05, 3.63) is 36.5 Å². The van der Waals surface area contributed by atoms with Gasteiger partial charge in [-0.25, -0.2) is 0 Å². The fourth-order valence-corrected chi connectivity index (χ4v) is 9.57. The average molecular weight is 985 g/mol. The van der Waals surface area contributed by atoms with Crippen LogP contribution in [0.5, 0.6) is 0 Å². The molecule has 6 heteroatoms. The van der Waals surface area contributed by atoms with Crippen molar-refractivity contribution in [3.63, 3.8) is 0 Å². The Labute approximate surface area is 436 Å². The molecule has 0 saturated carbocycles. The molecular formula is C64H121NO5. The Balaban J connectivity index is 3.39. The van der Waals surface area contributed by atoms with Crippen molar-refractivity contribution in [2.45, 2.75) is 347 Å². The van der Waals surface area contributed by atoms with Crippen molar-refractivity contribution in [3.8, 4) is 0 Å². The van der Waals surface area contributed by atoms with E-state index in [0.717, 1.165) is 44.9 Å². The van der Waals surface area contributed by atoms with Gasteiger partial charge in [-0.2, -0.15) is 0 Å². The number of amides is 1. The van der Waals surface area contributed by atoms with E-state index in [1.54, 1.807) is 6.08 Å². The van der Waals surface area contributed by atoms with Gasteiger partial charge in [0.05, 0.1) is 25.4 Å². The quantitative estimate of drug-likeness (QED) is 0.0321. The van der Waals surface area contributed by atoms with Crippen LogP contribution in [0.15, 0.2) is 36.5 Å². The summed E-state index contributed by atoms with van der Waals surface area (Å²) >= 11 is 0. The van der Waals surface area contributed by atoms with Crippen LogP contribution in [0.25, 0.3) is 0 Å². The number of allylic oxidation sites excluding steroid dienone is 5. The molecule has 0 heterocycles. The van der Waals surface area contributed by atoms with Gasteiger partial charge in [0.1, 0.15) is 0 Å². The van der Waals surface area contributed by atoms with Crippen molar-refractivity contribution in [2.75, 3.05) is 13.2 Å². The van der Waals surface area contributed by atoms with E-state index in [-0.39, 0.29) is 18.5 Å². The number of rotatable bonds is 58. The molecule has 0 fully saturated rings. The number of ether oxygens (including phenoxy) is 1. The molecule has 412 valence electrons. The summed E-state index contributed by atoms with van der Waals surface area (Å²) in [7, 11) is 0. The summed E-state index contributed by atoms with van der Waals surface area (Å²) in [4.78, 5) is 24.5. The zero-order valence-electron chi connectivity index (χ0n) is 47.0. The first-order chi connectivity index (χ1) is 34.5. The number of hydrogen-bond acceptors (Lipinski definition) is 5. The number of aliphatic hydroxyl groups is 2. The second-order valence-corrected chi connectivity index (χ2v) is 21.4. The highest BCUT2D eigenvalue weighted by atomic mass is 16.5. The molecule has 70 heavy (non-hydrogen) atoms. The smallest absolute Gasteiger partial charge is 0.305 e. The van der Waals surface area contributed by atoms with Gasteiger partial charge in [-0.3, -0.25) is 9.59 Å². The van der Waals surface area contributed by atoms with E-state index >= 15 is 0 Å². The maximum atomic E-state index is 12.4. The van der Waals surface area contributed by atoms with Crippen LogP contribution >= 0.6 is 0 Å². The Hall–Kier alpha value is -1.92. The van der Waals surface area contributed by atoms with Gasteiger partial charge in [0.25, 0.3) is 0 Å². The molecule has 0 rings (SSSR count). The summed E-state index contributed by atoms with van der Waals surface area (Å²) in [6, 6.07) is -0.629. The van der Waals surface area contributed by atoms with Gasteiger partial charge < -0.3 is 20.3 Å². The molecule has 0 aliphatic rings. The fraction of sp³-hybridized carbons (Fsp3) is 0.875. The standard InChI is InChI=1S/C64H121NO5/c1-3-5-7-9-11-13-15-16-17-27-31-34-38-42-46-50-54-58-64(69)70-59-55-51-47-43-39-35-32-29-26-24-22-20-18-19-21-23-25-28-30-33-37-41-45-49-53-57-63(68)65-61(60-66)62(67)56-52-48-44-40-36-14-12-10-8-6-4-2/h16-17,19,21,52,56,61-62,66-67H,3-15,18,20,22-51,53-55,57-60H2,1-2H3,(H,65,68)/b17-16-,21-19-,56-52+. The number of unbranched alkanes of at least 4 members (excludes halogenated alkanes) is 43. The summed E-state index contributed by atoms with van der Waals surface area (Å²) in [6.45, 7) is 4.89. The van der Waals surface area contributed by atoms with Crippen LogP contribution in [0.1, 0.15) is 335 Å². The average Bonchev–Trinajstić information content (AvgIpc) is 3.36. The van der Waals surface area contributed by atoms with Crippen molar-refractivity contribution < 1.29 is 24.5 Å². The van der Waals surface area contributed by atoms with Crippen LogP contribution in [0, 0.1) is 0 Å². The molecule has 0 saturated heterocycles. The summed E-state index contributed by atoms with van der Waals surface area (Å²) in [5, 5.41) is 23.0. The Bertz CT molecular complexity index is 1130. The molecule has 0 aromatic rings. The minimum Gasteiger partial charge on any atom is -0.466 e. The lowest BCUT2D eigenvalue weighted by Gasteiger charge is -2.20. The molecular weight excluding hydrogens is 863 g/mol. The highest BCUT2D eigenvalue weighted by Crippen LogP contribution is 2.17. The summed E-state index contributed by atoms with van der Waals surface area (Å²) < 4.78 is 5.49. The highest BCUT2D eigenvalue weighted by Gasteiger charge is 2.18. The third kappa shape index (κ3) is 55.4. The van der Waals surface area contributed by atoms with E-state index in [1.165, 1.54) is 263 Å². The fourth-order valence-electron chi connectivity index (χ4n) is 9.57. The number of aliphatic hydroxyl groups excluding tert-OH is 2. The maximum Gasteiger partial charge on any atom is 0.305 e. The maximum absolute atomic E-state index is 12.4. The predicted molar refractivity (Wildman–Crippen MR) is 306 cm³/mol. The first-order valence-electron chi connectivity index (χ1n) is 31.3.